The highest BCUT2D eigenvalue weighted by Crippen LogP contribution is 2.32. The molecule has 4 aromatic rings. The molecule has 0 amide bonds. The summed E-state index contributed by atoms with van der Waals surface area (Å²) in [5.41, 5.74) is 20.5. The van der Waals surface area contributed by atoms with E-state index in [4.69, 9.17) is 28.8 Å². The van der Waals surface area contributed by atoms with Gasteiger partial charge in [0.25, 0.3) is 0 Å². The summed E-state index contributed by atoms with van der Waals surface area (Å²) in [6.45, 7) is 5.86. The van der Waals surface area contributed by atoms with E-state index >= 15 is 4.39 Å². The van der Waals surface area contributed by atoms with Crippen LogP contribution in [0.25, 0.3) is 28.0 Å². The van der Waals surface area contributed by atoms with Crippen molar-refractivity contribution in [2.75, 3.05) is 32.9 Å². The molecular formula is C35H47ClF2N8O. The number of amidine groups is 1. The van der Waals surface area contributed by atoms with Gasteiger partial charge in [0.2, 0.25) is 0 Å². The van der Waals surface area contributed by atoms with E-state index in [1.165, 1.54) is 4.57 Å². The molecule has 9 nitrogen and oxygen atoms in total. The number of aromatic nitrogens is 3. The van der Waals surface area contributed by atoms with E-state index in [1.54, 1.807) is 24.4 Å². The fraction of sp³-hybridized carbons (Fsp3) is 0.457. The summed E-state index contributed by atoms with van der Waals surface area (Å²) < 4.78 is 29.9. The molecule has 0 saturated heterocycles. The zero-order chi connectivity index (χ0) is 33.9. The summed E-state index contributed by atoms with van der Waals surface area (Å²) in [4.78, 5) is 27.1. The number of H-pyrrole nitrogens is 1. The highest BCUT2D eigenvalue weighted by atomic mass is 35.5. The molecule has 12 heteroatoms. The maximum Gasteiger partial charge on any atom is 0.354 e. The number of hydrogen-bond acceptors (Lipinski definition) is 6. The Labute approximate surface area is 280 Å². The molecule has 0 aliphatic carbocycles. The van der Waals surface area contributed by atoms with E-state index in [2.05, 4.69) is 26.8 Å². The number of aliphatic imine (C=N–C) groups is 1. The van der Waals surface area contributed by atoms with E-state index in [1.807, 2.05) is 31.2 Å². The normalized spacial score (nSPS) is 13.5. The zero-order valence-electron chi connectivity index (χ0n) is 27.3. The molecule has 2 unspecified atom stereocenters. The average molecular weight is 669 g/mol. The van der Waals surface area contributed by atoms with Gasteiger partial charge in [-0.05, 0) is 86.9 Å². The third kappa shape index (κ3) is 9.70. The third-order valence-electron chi connectivity index (χ3n) is 8.28. The Morgan fingerprint density at radius 1 is 1.13 bits per heavy atom. The molecule has 0 bridgehead atoms. The predicted molar refractivity (Wildman–Crippen MR) is 189 cm³/mol. The minimum atomic E-state index is -0.533. The van der Waals surface area contributed by atoms with Crippen LogP contribution >= 0.6 is 11.6 Å². The van der Waals surface area contributed by atoms with E-state index < -0.39 is 11.5 Å². The van der Waals surface area contributed by atoms with Crippen LogP contribution in [0.2, 0.25) is 5.02 Å². The number of aryl methyl sites for hydroxylation is 1. The van der Waals surface area contributed by atoms with Gasteiger partial charge in [-0.15, -0.1) is 0 Å². The summed E-state index contributed by atoms with van der Waals surface area (Å²) in [5.74, 6) is -0.107. The van der Waals surface area contributed by atoms with Gasteiger partial charge in [0, 0.05) is 48.9 Å². The number of aromatic amines is 1. The van der Waals surface area contributed by atoms with E-state index in [0.717, 1.165) is 56.2 Å². The second-order valence-corrected chi connectivity index (χ2v) is 12.5. The summed E-state index contributed by atoms with van der Waals surface area (Å²) >= 11 is 6.27. The third-order valence-corrected chi connectivity index (χ3v) is 8.55. The Balaban J connectivity index is 1.59. The quantitative estimate of drug-likeness (QED) is 0.0577. The molecule has 0 spiro atoms. The lowest BCUT2D eigenvalue weighted by atomic mass is 9.99. The number of nitrogens with zero attached hydrogens (tertiary/aromatic N) is 4. The van der Waals surface area contributed by atoms with Crippen LogP contribution in [-0.4, -0.2) is 64.2 Å². The number of nitrogens with two attached hydrogens (primary N) is 3. The van der Waals surface area contributed by atoms with E-state index in [-0.39, 0.29) is 30.3 Å². The van der Waals surface area contributed by atoms with Crippen molar-refractivity contribution in [1.29, 1.82) is 0 Å². The first-order chi connectivity index (χ1) is 22.6. The lowest BCUT2D eigenvalue weighted by Crippen LogP contribution is -2.32. The van der Waals surface area contributed by atoms with Crippen LogP contribution < -0.4 is 22.9 Å². The van der Waals surface area contributed by atoms with Crippen molar-refractivity contribution < 1.29 is 8.78 Å². The molecule has 0 radical (unpaired) electrons. The summed E-state index contributed by atoms with van der Waals surface area (Å²) in [7, 11) is 0. The number of hydrogen-bond donors (Lipinski definition) is 4. The molecule has 7 N–H and O–H groups in total. The van der Waals surface area contributed by atoms with E-state index in [9.17, 15) is 9.18 Å². The molecule has 0 saturated carbocycles. The Morgan fingerprint density at radius 2 is 1.87 bits per heavy atom. The molecule has 0 fully saturated rings. The number of nitrogens with one attached hydrogen (secondary N) is 1. The van der Waals surface area contributed by atoms with Crippen molar-refractivity contribution in [2.45, 2.75) is 70.9 Å². The Kier molecular flexibility index (Phi) is 13.5. The Hall–Kier alpha value is -3.64. The molecule has 4 rings (SSSR count). The van der Waals surface area contributed by atoms with Crippen LogP contribution in [-0.2, 0) is 6.42 Å². The minimum Gasteiger partial charge on any atom is -0.386 e. The summed E-state index contributed by atoms with van der Waals surface area (Å²) in [5, 5.41) is 0.694. The van der Waals surface area contributed by atoms with Gasteiger partial charge < -0.3 is 22.2 Å². The second-order valence-electron chi connectivity index (χ2n) is 12.1. The first kappa shape index (κ1) is 36.2. The highest BCUT2D eigenvalue weighted by Gasteiger charge is 2.20. The average Bonchev–Trinajstić information content (AvgIpc) is 3.47. The van der Waals surface area contributed by atoms with E-state index in [0.29, 0.717) is 53.3 Å². The standard InChI is InChI=1S/C35H47ClF2N8O/c1-3-7-31(45(16-5-14-37)17-6-15-42-32(41)21-39)25-10-12-27(13-11-25)46-22-26-20-30(43-34(26)44-35(46)47)28-18-24(9-4-8-23(2)40)19-29(36)33(28)38/h10-13,18-20,22-23,31H,3-9,14-17,21,39-40H2,1-2H3,(H2,41,42)(H,43,44,47). The van der Waals surface area contributed by atoms with Crippen LogP contribution in [0.3, 0.4) is 0 Å². The molecule has 2 aromatic heterocycles. The Bertz CT molecular complexity index is 1690. The molecule has 47 heavy (non-hydrogen) atoms. The van der Waals surface area contributed by atoms with Crippen LogP contribution in [0.15, 0.2) is 58.4 Å². The van der Waals surface area contributed by atoms with Crippen molar-refractivity contribution in [2.24, 2.45) is 22.2 Å². The number of rotatable bonds is 18. The van der Waals surface area contributed by atoms with Gasteiger partial charge in [0.15, 0.2) is 5.82 Å². The number of halogens is 3. The summed E-state index contributed by atoms with van der Waals surface area (Å²) in [6.07, 6.45) is 7.21. The van der Waals surface area contributed by atoms with Crippen LogP contribution in [0.1, 0.15) is 69.5 Å². The van der Waals surface area contributed by atoms with Gasteiger partial charge in [-0.3, -0.25) is 18.8 Å². The molecule has 254 valence electrons. The van der Waals surface area contributed by atoms with Gasteiger partial charge in [-0.25, -0.2) is 9.18 Å². The lowest BCUT2D eigenvalue weighted by molar-refractivity contribution is 0.177. The zero-order valence-corrected chi connectivity index (χ0v) is 28.1. The maximum absolute atomic E-state index is 15.2. The fourth-order valence-electron chi connectivity index (χ4n) is 5.88. The molecular weight excluding hydrogens is 622 g/mol. The molecule has 0 aliphatic heterocycles. The van der Waals surface area contributed by atoms with Crippen LogP contribution in [0, 0.1) is 5.82 Å². The van der Waals surface area contributed by atoms with Crippen molar-refractivity contribution in [3.63, 3.8) is 0 Å². The van der Waals surface area contributed by atoms with Gasteiger partial charge in [0.05, 0.1) is 29.6 Å². The van der Waals surface area contributed by atoms with Crippen molar-refractivity contribution in [1.82, 2.24) is 19.4 Å². The molecule has 2 aromatic carbocycles. The number of benzene rings is 2. The van der Waals surface area contributed by atoms with Crippen LogP contribution in [0.4, 0.5) is 8.78 Å². The Morgan fingerprint density at radius 3 is 2.55 bits per heavy atom. The van der Waals surface area contributed by atoms with Crippen LogP contribution in [0.5, 0.6) is 0 Å². The molecule has 2 atom stereocenters. The van der Waals surface area contributed by atoms with Crippen molar-refractivity contribution in [3.8, 4) is 16.9 Å². The molecule has 2 heterocycles. The maximum atomic E-state index is 15.2. The summed E-state index contributed by atoms with van der Waals surface area (Å²) in [6, 6.07) is 13.2. The SMILES string of the molecule is CCCC(c1ccc(-n2cc3cc(-c4cc(CCCC(C)N)cc(Cl)c4F)[nH]c3nc2=O)cc1)N(CCCF)CCCN=C(N)CN. The number of fused-ring (bicyclic) bond motifs is 1. The monoisotopic (exact) mass is 668 g/mol. The molecule has 0 aliphatic rings. The second kappa shape index (κ2) is 17.5. The lowest BCUT2D eigenvalue weighted by Gasteiger charge is -2.32. The first-order valence-corrected chi connectivity index (χ1v) is 16.8. The van der Waals surface area contributed by atoms with Gasteiger partial charge in [0.1, 0.15) is 11.5 Å². The van der Waals surface area contributed by atoms with Crippen molar-refractivity contribution >= 4 is 28.5 Å². The van der Waals surface area contributed by atoms with Gasteiger partial charge >= 0.3 is 5.69 Å². The largest absolute Gasteiger partial charge is 0.386 e. The first-order valence-electron chi connectivity index (χ1n) is 16.4. The predicted octanol–water partition coefficient (Wildman–Crippen LogP) is 6.05. The van der Waals surface area contributed by atoms with Gasteiger partial charge in [-0.1, -0.05) is 37.1 Å². The highest BCUT2D eigenvalue weighted by molar-refractivity contribution is 6.31. The van der Waals surface area contributed by atoms with Crippen molar-refractivity contribution in [3.05, 3.63) is 81.1 Å². The fourth-order valence-corrected chi connectivity index (χ4v) is 6.12. The topological polar surface area (TPSA) is 144 Å². The smallest absolute Gasteiger partial charge is 0.354 e. The van der Waals surface area contributed by atoms with Gasteiger partial charge in [-0.2, -0.15) is 4.98 Å². The number of alkyl halides is 1. The minimum absolute atomic E-state index is 0.0408.